The molecule has 0 atom stereocenters. The lowest BCUT2D eigenvalue weighted by atomic mass is 10.0. The van der Waals surface area contributed by atoms with E-state index in [2.05, 4.69) is 0 Å². The Morgan fingerprint density at radius 1 is 1.43 bits per heavy atom. The molecule has 1 aliphatic rings. The first-order valence-electron chi connectivity index (χ1n) is 4.72. The van der Waals surface area contributed by atoms with E-state index in [4.69, 9.17) is 0 Å². The lowest BCUT2D eigenvalue weighted by molar-refractivity contribution is -0.104. The monoisotopic (exact) mass is 190 g/mol. The van der Waals surface area contributed by atoms with E-state index in [9.17, 15) is 9.18 Å². The van der Waals surface area contributed by atoms with Crippen LogP contribution in [0, 0.1) is 11.7 Å². The molecule has 0 aliphatic heterocycles. The van der Waals surface area contributed by atoms with Gasteiger partial charge in [-0.15, -0.1) is 0 Å². The van der Waals surface area contributed by atoms with Crippen molar-refractivity contribution in [2.75, 3.05) is 0 Å². The molecular formula is C12H11FO. The molecule has 0 heterocycles. The maximum Gasteiger partial charge on any atom is 0.143 e. The Bertz CT molecular complexity index is 378. The highest BCUT2D eigenvalue weighted by molar-refractivity contribution is 5.83. The van der Waals surface area contributed by atoms with E-state index < -0.39 is 0 Å². The third kappa shape index (κ3) is 1.90. The zero-order chi connectivity index (χ0) is 9.97. The van der Waals surface area contributed by atoms with Gasteiger partial charge in [0.2, 0.25) is 0 Å². The molecule has 0 radical (unpaired) electrons. The summed E-state index contributed by atoms with van der Waals surface area (Å²) in [6.45, 7) is 0. The van der Waals surface area contributed by atoms with Gasteiger partial charge in [0.15, 0.2) is 0 Å². The van der Waals surface area contributed by atoms with Gasteiger partial charge in [-0.05, 0) is 48.1 Å². The van der Waals surface area contributed by atoms with Crippen molar-refractivity contribution in [3.05, 3.63) is 41.7 Å². The minimum Gasteiger partial charge on any atom is -0.299 e. The molecule has 1 aromatic carbocycles. The van der Waals surface area contributed by atoms with E-state index in [-0.39, 0.29) is 5.82 Å². The fraction of sp³-hybridized carbons (Fsp3) is 0.250. The van der Waals surface area contributed by atoms with E-state index in [1.54, 1.807) is 12.1 Å². The molecule has 1 saturated carbocycles. The highest BCUT2D eigenvalue weighted by atomic mass is 19.1. The van der Waals surface area contributed by atoms with Crippen molar-refractivity contribution < 1.29 is 9.18 Å². The third-order valence-electron chi connectivity index (χ3n) is 2.42. The molecule has 1 fully saturated rings. The molecular weight excluding hydrogens is 179 g/mol. The Balaban J connectivity index is 2.35. The van der Waals surface area contributed by atoms with Crippen LogP contribution in [0.3, 0.4) is 0 Å². The maximum absolute atomic E-state index is 12.9. The molecule has 1 aliphatic carbocycles. The van der Waals surface area contributed by atoms with Crippen LogP contribution in [-0.4, -0.2) is 6.29 Å². The minimum absolute atomic E-state index is 0.250. The summed E-state index contributed by atoms with van der Waals surface area (Å²) < 4.78 is 12.9. The van der Waals surface area contributed by atoms with Gasteiger partial charge in [-0.2, -0.15) is 0 Å². The SMILES string of the molecule is O=C/C=C(\c1cccc(F)c1)C1CC1. The molecule has 0 aromatic heterocycles. The summed E-state index contributed by atoms with van der Waals surface area (Å²) in [7, 11) is 0. The van der Waals surface area contributed by atoms with Gasteiger partial charge >= 0.3 is 0 Å². The topological polar surface area (TPSA) is 17.1 Å². The normalized spacial score (nSPS) is 16.8. The Morgan fingerprint density at radius 3 is 2.79 bits per heavy atom. The maximum atomic E-state index is 12.9. The fourth-order valence-electron chi connectivity index (χ4n) is 1.60. The van der Waals surface area contributed by atoms with Crippen molar-refractivity contribution in [2.45, 2.75) is 12.8 Å². The molecule has 2 rings (SSSR count). The summed E-state index contributed by atoms with van der Waals surface area (Å²) in [4.78, 5) is 10.4. The van der Waals surface area contributed by atoms with Gasteiger partial charge in [-0.25, -0.2) is 4.39 Å². The van der Waals surface area contributed by atoms with Crippen LogP contribution in [0.25, 0.3) is 5.57 Å². The number of halogens is 1. The summed E-state index contributed by atoms with van der Waals surface area (Å²) in [5.41, 5.74) is 1.80. The van der Waals surface area contributed by atoms with Gasteiger partial charge in [0, 0.05) is 0 Å². The highest BCUT2D eigenvalue weighted by Gasteiger charge is 2.26. The van der Waals surface area contributed by atoms with Crippen LogP contribution in [0.1, 0.15) is 18.4 Å². The van der Waals surface area contributed by atoms with E-state index in [0.717, 1.165) is 30.3 Å². The molecule has 0 saturated heterocycles. The van der Waals surface area contributed by atoms with Crippen LogP contribution in [-0.2, 0) is 4.79 Å². The number of hydrogen-bond acceptors (Lipinski definition) is 1. The number of benzene rings is 1. The smallest absolute Gasteiger partial charge is 0.143 e. The number of hydrogen-bond donors (Lipinski definition) is 0. The molecule has 0 unspecified atom stereocenters. The van der Waals surface area contributed by atoms with E-state index in [1.165, 1.54) is 12.1 Å². The second-order valence-corrected chi connectivity index (χ2v) is 3.54. The second-order valence-electron chi connectivity index (χ2n) is 3.54. The number of carbonyl (C=O) groups is 1. The predicted octanol–water partition coefficient (Wildman–Crippen LogP) is 2.82. The van der Waals surface area contributed by atoms with Crippen LogP contribution in [0.5, 0.6) is 0 Å². The van der Waals surface area contributed by atoms with Crippen LogP contribution >= 0.6 is 0 Å². The molecule has 2 heteroatoms. The number of carbonyl (C=O) groups excluding carboxylic acids is 1. The van der Waals surface area contributed by atoms with Gasteiger partial charge in [-0.1, -0.05) is 12.1 Å². The Hall–Kier alpha value is -1.44. The first-order chi connectivity index (χ1) is 6.81. The average molecular weight is 190 g/mol. The number of rotatable bonds is 3. The fourth-order valence-corrected chi connectivity index (χ4v) is 1.60. The summed E-state index contributed by atoms with van der Waals surface area (Å²) >= 11 is 0. The highest BCUT2D eigenvalue weighted by Crippen LogP contribution is 2.41. The number of aldehydes is 1. The van der Waals surface area contributed by atoms with Crippen molar-refractivity contribution >= 4 is 11.9 Å². The van der Waals surface area contributed by atoms with Crippen molar-refractivity contribution in [3.8, 4) is 0 Å². The molecule has 0 N–H and O–H groups in total. The molecule has 0 amide bonds. The largest absolute Gasteiger partial charge is 0.299 e. The molecule has 72 valence electrons. The molecule has 0 bridgehead atoms. The third-order valence-corrected chi connectivity index (χ3v) is 2.42. The lowest BCUT2D eigenvalue weighted by Crippen LogP contribution is -1.88. The first-order valence-corrected chi connectivity index (χ1v) is 4.72. The van der Waals surface area contributed by atoms with Crippen LogP contribution in [0.2, 0.25) is 0 Å². The van der Waals surface area contributed by atoms with Gasteiger partial charge in [-0.3, -0.25) is 4.79 Å². The predicted molar refractivity (Wildman–Crippen MR) is 53.2 cm³/mol. The Morgan fingerprint density at radius 2 is 2.21 bits per heavy atom. The molecule has 0 spiro atoms. The quantitative estimate of drug-likeness (QED) is 0.529. The van der Waals surface area contributed by atoms with Crippen LogP contribution < -0.4 is 0 Å². The standard InChI is InChI=1S/C12H11FO/c13-11-3-1-2-10(8-11)12(6-7-14)9-4-5-9/h1-3,6-9H,4-5H2/b12-6-. The van der Waals surface area contributed by atoms with Crippen molar-refractivity contribution in [2.24, 2.45) is 5.92 Å². The Labute approximate surface area is 82.3 Å². The lowest BCUT2D eigenvalue weighted by Gasteiger charge is -2.04. The molecule has 14 heavy (non-hydrogen) atoms. The van der Waals surface area contributed by atoms with E-state index >= 15 is 0 Å². The van der Waals surface area contributed by atoms with Crippen LogP contribution in [0.15, 0.2) is 30.3 Å². The molecule has 1 aromatic rings. The average Bonchev–Trinajstić information content (AvgIpc) is 2.97. The number of allylic oxidation sites excluding steroid dienone is 2. The van der Waals surface area contributed by atoms with Crippen molar-refractivity contribution in [1.29, 1.82) is 0 Å². The minimum atomic E-state index is -0.250. The summed E-state index contributed by atoms with van der Waals surface area (Å²) in [6.07, 6.45) is 4.54. The summed E-state index contributed by atoms with van der Waals surface area (Å²) in [5, 5.41) is 0. The zero-order valence-corrected chi connectivity index (χ0v) is 7.74. The Kier molecular flexibility index (Phi) is 2.44. The van der Waals surface area contributed by atoms with Crippen molar-refractivity contribution in [1.82, 2.24) is 0 Å². The first kappa shape index (κ1) is 9.13. The van der Waals surface area contributed by atoms with Crippen molar-refractivity contribution in [3.63, 3.8) is 0 Å². The van der Waals surface area contributed by atoms with Gasteiger partial charge in [0.05, 0.1) is 0 Å². The second kappa shape index (κ2) is 3.74. The molecule has 1 nitrogen and oxygen atoms in total. The summed E-state index contributed by atoms with van der Waals surface area (Å²) in [5.74, 6) is 0.210. The van der Waals surface area contributed by atoms with Crippen LogP contribution in [0.4, 0.5) is 4.39 Å². The van der Waals surface area contributed by atoms with E-state index in [0.29, 0.717) is 5.92 Å². The zero-order valence-electron chi connectivity index (χ0n) is 7.74. The van der Waals surface area contributed by atoms with Gasteiger partial charge < -0.3 is 0 Å². The summed E-state index contributed by atoms with van der Waals surface area (Å²) in [6, 6.07) is 6.41. The van der Waals surface area contributed by atoms with E-state index in [1.807, 2.05) is 6.07 Å². The van der Waals surface area contributed by atoms with Gasteiger partial charge in [0.25, 0.3) is 0 Å². The van der Waals surface area contributed by atoms with Gasteiger partial charge in [0.1, 0.15) is 12.1 Å².